The van der Waals surface area contributed by atoms with E-state index in [9.17, 15) is 9.18 Å². The van der Waals surface area contributed by atoms with Crippen LogP contribution in [0.3, 0.4) is 0 Å². The van der Waals surface area contributed by atoms with Gasteiger partial charge < -0.3 is 9.73 Å². The average Bonchev–Trinajstić information content (AvgIpc) is 2.84. The van der Waals surface area contributed by atoms with E-state index in [4.69, 9.17) is 4.42 Å². The molecule has 0 radical (unpaired) electrons. The predicted octanol–water partition coefficient (Wildman–Crippen LogP) is 4.59. The van der Waals surface area contributed by atoms with E-state index in [0.29, 0.717) is 11.3 Å². The Labute approximate surface area is 122 Å². The molecule has 0 aliphatic rings. The number of hydrogen-bond donors (Lipinski definition) is 1. The van der Waals surface area contributed by atoms with Crippen molar-refractivity contribution < 1.29 is 13.6 Å². The molecule has 0 bridgehead atoms. The molecule has 0 aliphatic heterocycles. The summed E-state index contributed by atoms with van der Waals surface area (Å²) >= 11 is 3.39. The molecule has 0 saturated heterocycles. The molecule has 3 nitrogen and oxygen atoms in total. The van der Waals surface area contributed by atoms with Crippen LogP contribution in [-0.2, 0) is 0 Å². The van der Waals surface area contributed by atoms with E-state index in [0.717, 1.165) is 9.86 Å². The first-order valence-electron chi connectivity index (χ1n) is 5.88. The fraction of sp³-hybridized carbons (Fsp3) is 0. The number of carbonyl (C=O) groups excluding carboxylic acids is 1. The zero-order valence-electron chi connectivity index (χ0n) is 10.2. The maximum Gasteiger partial charge on any atom is 0.291 e. The highest BCUT2D eigenvalue weighted by atomic mass is 79.9. The van der Waals surface area contributed by atoms with Gasteiger partial charge in [0.15, 0.2) is 5.76 Å². The van der Waals surface area contributed by atoms with E-state index in [-0.39, 0.29) is 5.76 Å². The summed E-state index contributed by atoms with van der Waals surface area (Å²) in [4.78, 5) is 12.1. The van der Waals surface area contributed by atoms with Crippen molar-refractivity contribution in [3.05, 3.63) is 64.6 Å². The number of rotatable bonds is 2. The molecule has 1 heterocycles. The first-order chi connectivity index (χ1) is 9.63. The normalized spacial score (nSPS) is 10.7. The lowest BCUT2D eigenvalue weighted by molar-refractivity contribution is 0.0998. The summed E-state index contributed by atoms with van der Waals surface area (Å²) < 4.78 is 19.4. The third kappa shape index (κ3) is 2.44. The molecule has 1 aromatic heterocycles. The Bertz CT molecular complexity index is 797. The van der Waals surface area contributed by atoms with Crippen molar-refractivity contribution in [3.8, 4) is 0 Å². The number of amides is 1. The molecule has 0 aliphatic carbocycles. The number of furan rings is 1. The zero-order valence-corrected chi connectivity index (χ0v) is 11.8. The molecule has 5 heteroatoms. The van der Waals surface area contributed by atoms with Gasteiger partial charge in [-0.05, 0) is 36.4 Å². The second-order valence-electron chi connectivity index (χ2n) is 4.23. The van der Waals surface area contributed by atoms with Crippen molar-refractivity contribution in [2.75, 3.05) is 5.32 Å². The molecule has 3 aromatic rings. The average molecular weight is 334 g/mol. The van der Waals surface area contributed by atoms with Gasteiger partial charge in [-0.25, -0.2) is 4.39 Å². The fourth-order valence-electron chi connectivity index (χ4n) is 1.90. The monoisotopic (exact) mass is 333 g/mol. The number of anilines is 1. The molecule has 0 atom stereocenters. The maximum absolute atomic E-state index is 13.1. The van der Waals surface area contributed by atoms with Crippen molar-refractivity contribution in [2.24, 2.45) is 0 Å². The quantitative estimate of drug-likeness (QED) is 0.745. The topological polar surface area (TPSA) is 42.2 Å². The van der Waals surface area contributed by atoms with Crippen LogP contribution in [0.25, 0.3) is 11.0 Å². The van der Waals surface area contributed by atoms with Crippen LogP contribution in [0.5, 0.6) is 0 Å². The Balaban J connectivity index is 1.91. The van der Waals surface area contributed by atoms with Crippen molar-refractivity contribution in [3.63, 3.8) is 0 Å². The Hall–Kier alpha value is -2.14. The van der Waals surface area contributed by atoms with Gasteiger partial charge in [0.1, 0.15) is 11.4 Å². The first kappa shape index (κ1) is 12.9. The van der Waals surface area contributed by atoms with Crippen LogP contribution in [0, 0.1) is 5.82 Å². The van der Waals surface area contributed by atoms with E-state index < -0.39 is 11.7 Å². The van der Waals surface area contributed by atoms with Crippen LogP contribution in [-0.4, -0.2) is 5.91 Å². The summed E-state index contributed by atoms with van der Waals surface area (Å²) in [5.74, 6) is -0.648. The van der Waals surface area contributed by atoms with Crippen molar-refractivity contribution >= 4 is 38.5 Å². The number of halogens is 2. The standard InChI is InChI=1S/C15H9BrFNO2/c16-12-5-2-6-13-11(12)8-14(20-13)15(19)18-10-4-1-3-9(17)7-10/h1-8H,(H,18,19). The van der Waals surface area contributed by atoms with Gasteiger partial charge in [0.2, 0.25) is 0 Å². The molecule has 100 valence electrons. The summed E-state index contributed by atoms with van der Waals surface area (Å²) in [5.41, 5.74) is 0.998. The number of hydrogen-bond acceptors (Lipinski definition) is 2. The number of fused-ring (bicyclic) bond motifs is 1. The van der Waals surface area contributed by atoms with Crippen LogP contribution in [0.4, 0.5) is 10.1 Å². The summed E-state index contributed by atoms with van der Waals surface area (Å²) in [6.45, 7) is 0. The van der Waals surface area contributed by atoms with Gasteiger partial charge in [-0.2, -0.15) is 0 Å². The first-order valence-corrected chi connectivity index (χ1v) is 6.68. The van der Waals surface area contributed by atoms with Crippen molar-refractivity contribution in [1.29, 1.82) is 0 Å². The third-order valence-corrected chi connectivity index (χ3v) is 3.51. The molecule has 1 amide bonds. The summed E-state index contributed by atoms with van der Waals surface area (Å²) in [5, 5.41) is 3.41. The van der Waals surface area contributed by atoms with Gasteiger partial charge >= 0.3 is 0 Å². The Morgan fingerprint density at radius 2 is 1.95 bits per heavy atom. The van der Waals surface area contributed by atoms with Gasteiger partial charge in [-0.1, -0.05) is 28.1 Å². The highest BCUT2D eigenvalue weighted by Gasteiger charge is 2.14. The fourth-order valence-corrected chi connectivity index (χ4v) is 2.36. The van der Waals surface area contributed by atoms with Crippen molar-refractivity contribution in [1.82, 2.24) is 0 Å². The third-order valence-electron chi connectivity index (χ3n) is 2.81. The smallest absolute Gasteiger partial charge is 0.291 e. The second kappa shape index (κ2) is 5.09. The van der Waals surface area contributed by atoms with Crippen molar-refractivity contribution in [2.45, 2.75) is 0 Å². The highest BCUT2D eigenvalue weighted by molar-refractivity contribution is 9.10. The van der Waals surface area contributed by atoms with Gasteiger partial charge in [0.25, 0.3) is 5.91 Å². The Morgan fingerprint density at radius 1 is 1.15 bits per heavy atom. The largest absolute Gasteiger partial charge is 0.451 e. The van der Waals surface area contributed by atoms with Gasteiger partial charge in [0, 0.05) is 15.5 Å². The van der Waals surface area contributed by atoms with E-state index in [1.54, 1.807) is 18.2 Å². The summed E-state index contributed by atoms with van der Waals surface area (Å²) in [6.07, 6.45) is 0. The Kier molecular flexibility index (Phi) is 3.28. The van der Waals surface area contributed by atoms with Crippen LogP contribution < -0.4 is 5.32 Å². The molecular formula is C15H9BrFNO2. The van der Waals surface area contributed by atoms with Gasteiger partial charge in [-0.3, -0.25) is 4.79 Å². The van der Waals surface area contributed by atoms with Gasteiger partial charge in [-0.15, -0.1) is 0 Å². The second-order valence-corrected chi connectivity index (χ2v) is 5.08. The number of nitrogens with one attached hydrogen (secondary N) is 1. The number of carbonyl (C=O) groups is 1. The Morgan fingerprint density at radius 3 is 2.70 bits per heavy atom. The van der Waals surface area contributed by atoms with E-state index >= 15 is 0 Å². The molecule has 2 aromatic carbocycles. The van der Waals surface area contributed by atoms with Crippen LogP contribution in [0.2, 0.25) is 0 Å². The molecule has 1 N–H and O–H groups in total. The minimum atomic E-state index is -0.418. The maximum atomic E-state index is 13.1. The van der Waals surface area contributed by atoms with Crippen LogP contribution >= 0.6 is 15.9 Å². The lowest BCUT2D eigenvalue weighted by atomic mass is 10.2. The lowest BCUT2D eigenvalue weighted by Gasteiger charge is -2.02. The van der Waals surface area contributed by atoms with E-state index in [1.807, 2.05) is 12.1 Å². The molecule has 0 unspecified atom stereocenters. The SMILES string of the molecule is O=C(Nc1cccc(F)c1)c1cc2c(Br)cccc2o1. The molecule has 20 heavy (non-hydrogen) atoms. The predicted molar refractivity (Wildman–Crippen MR) is 78.3 cm³/mol. The molecule has 3 rings (SSSR count). The molecule has 0 spiro atoms. The zero-order chi connectivity index (χ0) is 14.1. The van der Waals surface area contributed by atoms with Gasteiger partial charge in [0.05, 0.1) is 0 Å². The minimum Gasteiger partial charge on any atom is -0.451 e. The molecular weight excluding hydrogens is 325 g/mol. The molecule has 0 fully saturated rings. The highest BCUT2D eigenvalue weighted by Crippen LogP contribution is 2.27. The van der Waals surface area contributed by atoms with E-state index in [1.165, 1.54) is 18.2 Å². The van der Waals surface area contributed by atoms with Crippen LogP contribution in [0.15, 0.2) is 57.4 Å². The summed E-state index contributed by atoms with van der Waals surface area (Å²) in [7, 11) is 0. The minimum absolute atomic E-state index is 0.177. The van der Waals surface area contributed by atoms with Crippen LogP contribution in [0.1, 0.15) is 10.6 Å². The van der Waals surface area contributed by atoms with E-state index in [2.05, 4.69) is 21.2 Å². The molecule has 0 saturated carbocycles. The summed E-state index contributed by atoms with van der Waals surface area (Å²) in [6, 6.07) is 12.8. The lowest BCUT2D eigenvalue weighted by Crippen LogP contribution is -2.10. The number of benzene rings is 2.